The molecule has 0 bridgehead atoms. The Morgan fingerprint density at radius 1 is 1.30 bits per heavy atom. The third-order valence-electron chi connectivity index (χ3n) is 2.62. The summed E-state index contributed by atoms with van der Waals surface area (Å²) in [6, 6.07) is 9.42. The van der Waals surface area contributed by atoms with E-state index in [1.807, 2.05) is 30.3 Å². The molecule has 2 aromatic rings. The largest absolute Gasteiger partial charge is 0.410 e. The van der Waals surface area contributed by atoms with E-state index in [0.29, 0.717) is 13.0 Å². The molecule has 0 saturated carbocycles. The Kier molecular flexibility index (Phi) is 4.05. The minimum Gasteiger partial charge on any atom is -0.358 e. The average Bonchev–Trinajstić information content (AvgIpc) is 2.82. The second-order valence-electron chi connectivity index (χ2n) is 4.01. The van der Waals surface area contributed by atoms with Crippen LogP contribution in [-0.4, -0.2) is 23.1 Å². The van der Waals surface area contributed by atoms with Gasteiger partial charge in [-0.05, 0) is 16.9 Å². The number of halogens is 1. The molecule has 0 N–H and O–H groups in total. The Balaban J connectivity index is 2.24. The minimum absolute atomic E-state index is 0.317. The lowest BCUT2D eigenvalue weighted by Crippen LogP contribution is -2.02. The van der Waals surface area contributed by atoms with Gasteiger partial charge in [0.15, 0.2) is 0 Å². The topological polar surface area (TPSA) is 95.1 Å². The number of nitro groups is 1. The first-order valence-corrected chi connectivity index (χ1v) is 7.89. The Labute approximate surface area is 119 Å². The van der Waals surface area contributed by atoms with Gasteiger partial charge in [-0.25, -0.2) is 8.42 Å². The van der Waals surface area contributed by atoms with Gasteiger partial charge in [-0.2, -0.15) is 4.68 Å². The maximum atomic E-state index is 11.3. The van der Waals surface area contributed by atoms with E-state index >= 15 is 0 Å². The van der Waals surface area contributed by atoms with Crippen molar-refractivity contribution in [1.29, 1.82) is 0 Å². The molecule has 1 heterocycles. The molecule has 0 fully saturated rings. The van der Waals surface area contributed by atoms with E-state index in [1.165, 1.54) is 4.68 Å². The fraction of sp³-hybridized carbons (Fsp3) is 0.182. The van der Waals surface area contributed by atoms with E-state index in [4.69, 9.17) is 10.7 Å². The monoisotopic (exact) mass is 315 g/mol. The molecule has 0 aliphatic heterocycles. The summed E-state index contributed by atoms with van der Waals surface area (Å²) in [4.78, 5) is 9.31. The lowest BCUT2D eigenvalue weighted by Gasteiger charge is -1.98. The number of benzene rings is 1. The van der Waals surface area contributed by atoms with Crippen molar-refractivity contribution in [2.45, 2.75) is 17.9 Å². The van der Waals surface area contributed by atoms with Gasteiger partial charge < -0.3 is 10.1 Å². The maximum Gasteiger partial charge on any atom is 0.410 e. The van der Waals surface area contributed by atoms with Crippen LogP contribution in [0.15, 0.2) is 41.4 Å². The van der Waals surface area contributed by atoms with E-state index in [1.54, 1.807) is 0 Å². The highest BCUT2D eigenvalue weighted by molar-refractivity contribution is 8.13. The van der Waals surface area contributed by atoms with Crippen molar-refractivity contribution in [3.63, 3.8) is 0 Å². The highest BCUT2D eigenvalue weighted by atomic mass is 35.7. The molecule has 0 spiro atoms. The molecule has 0 unspecified atom stereocenters. The molecule has 0 aliphatic rings. The summed E-state index contributed by atoms with van der Waals surface area (Å²) >= 11 is 0. The van der Waals surface area contributed by atoms with Crippen LogP contribution in [0.2, 0.25) is 0 Å². The zero-order chi connectivity index (χ0) is 14.8. The van der Waals surface area contributed by atoms with E-state index in [0.717, 1.165) is 11.8 Å². The van der Waals surface area contributed by atoms with Crippen LogP contribution in [0.3, 0.4) is 0 Å². The van der Waals surface area contributed by atoms with Gasteiger partial charge in [0.2, 0.25) is 4.90 Å². The van der Waals surface area contributed by atoms with Crippen molar-refractivity contribution >= 4 is 25.6 Å². The minimum atomic E-state index is -4.19. The van der Waals surface area contributed by atoms with Gasteiger partial charge in [-0.15, -0.1) is 0 Å². The smallest absolute Gasteiger partial charge is 0.358 e. The number of rotatable bonds is 5. The number of nitrogens with zero attached hydrogens (tertiary/aromatic N) is 3. The van der Waals surface area contributed by atoms with E-state index in [-0.39, 0.29) is 0 Å². The van der Waals surface area contributed by atoms with Crippen LogP contribution in [0.5, 0.6) is 0 Å². The molecule has 7 nitrogen and oxygen atoms in total. The summed E-state index contributed by atoms with van der Waals surface area (Å²) in [7, 11) is 0.959. The molecular weight excluding hydrogens is 306 g/mol. The van der Waals surface area contributed by atoms with Gasteiger partial charge in [-0.3, -0.25) is 0 Å². The van der Waals surface area contributed by atoms with Crippen LogP contribution < -0.4 is 0 Å². The van der Waals surface area contributed by atoms with Crippen LogP contribution in [-0.2, 0) is 22.0 Å². The summed E-state index contributed by atoms with van der Waals surface area (Å²) in [6.07, 6.45) is 1.64. The van der Waals surface area contributed by atoms with Crippen LogP contribution in [0.25, 0.3) is 0 Å². The molecule has 0 atom stereocenters. The first-order valence-electron chi connectivity index (χ1n) is 5.58. The molecule has 0 aliphatic carbocycles. The fourth-order valence-electron chi connectivity index (χ4n) is 1.69. The quantitative estimate of drug-likeness (QED) is 0.477. The summed E-state index contributed by atoms with van der Waals surface area (Å²) in [5, 5.41) is 14.4. The highest BCUT2D eigenvalue weighted by Crippen LogP contribution is 2.25. The predicted molar refractivity (Wildman–Crippen MR) is 72.1 cm³/mol. The second-order valence-corrected chi connectivity index (χ2v) is 6.54. The summed E-state index contributed by atoms with van der Waals surface area (Å²) < 4.78 is 23.7. The summed E-state index contributed by atoms with van der Waals surface area (Å²) in [5.74, 6) is -0.756. The van der Waals surface area contributed by atoms with Crippen molar-refractivity contribution in [3.8, 4) is 0 Å². The Morgan fingerprint density at radius 2 is 1.95 bits per heavy atom. The lowest BCUT2D eigenvalue weighted by molar-refractivity contribution is -0.392. The third-order valence-corrected chi connectivity index (χ3v) is 3.93. The zero-order valence-electron chi connectivity index (χ0n) is 10.1. The third kappa shape index (κ3) is 3.34. The molecular formula is C11H10ClN3O4S. The van der Waals surface area contributed by atoms with E-state index < -0.39 is 24.7 Å². The van der Waals surface area contributed by atoms with Gasteiger partial charge in [-0.1, -0.05) is 30.3 Å². The van der Waals surface area contributed by atoms with Gasteiger partial charge in [0.1, 0.15) is 0 Å². The van der Waals surface area contributed by atoms with Gasteiger partial charge in [0.25, 0.3) is 9.05 Å². The van der Waals surface area contributed by atoms with Crippen LogP contribution in [0, 0.1) is 10.1 Å². The van der Waals surface area contributed by atoms with Crippen molar-refractivity contribution in [1.82, 2.24) is 9.78 Å². The van der Waals surface area contributed by atoms with Crippen LogP contribution in [0.4, 0.5) is 5.82 Å². The first-order chi connectivity index (χ1) is 9.38. The molecule has 106 valence electrons. The van der Waals surface area contributed by atoms with Crippen molar-refractivity contribution in [3.05, 3.63) is 52.2 Å². The van der Waals surface area contributed by atoms with Crippen molar-refractivity contribution in [2.24, 2.45) is 0 Å². The highest BCUT2D eigenvalue weighted by Gasteiger charge is 2.29. The summed E-state index contributed by atoms with van der Waals surface area (Å²) in [5.41, 5.74) is 1.01. The van der Waals surface area contributed by atoms with Gasteiger partial charge in [0.05, 0.1) is 17.8 Å². The molecule has 9 heteroatoms. The van der Waals surface area contributed by atoms with Gasteiger partial charge >= 0.3 is 5.82 Å². The number of aromatic nitrogens is 2. The number of aryl methyl sites for hydroxylation is 2. The zero-order valence-corrected chi connectivity index (χ0v) is 11.7. The lowest BCUT2D eigenvalue weighted by atomic mass is 10.2. The molecule has 0 amide bonds. The number of hydrogen-bond donors (Lipinski definition) is 0. The summed E-state index contributed by atoms with van der Waals surface area (Å²) in [6.45, 7) is 0.317. The van der Waals surface area contributed by atoms with Crippen LogP contribution >= 0.6 is 10.7 Å². The normalized spacial score (nSPS) is 11.4. The molecule has 0 saturated heterocycles. The SMILES string of the molecule is O=[N+]([O-])c1nn(CCc2ccccc2)cc1S(=O)(=O)Cl. The number of hydrogen-bond acceptors (Lipinski definition) is 5. The molecule has 20 heavy (non-hydrogen) atoms. The van der Waals surface area contributed by atoms with Crippen molar-refractivity contribution < 1.29 is 13.3 Å². The Hall–Kier alpha value is -1.93. The molecule has 2 rings (SSSR count). The first kappa shape index (κ1) is 14.5. The van der Waals surface area contributed by atoms with Crippen LogP contribution in [0.1, 0.15) is 5.56 Å². The maximum absolute atomic E-state index is 11.3. The van der Waals surface area contributed by atoms with E-state index in [9.17, 15) is 18.5 Å². The molecule has 1 aromatic heterocycles. The standard InChI is InChI=1S/C11H10ClN3O4S/c12-20(18,19)10-8-14(13-11(10)15(16)17)7-6-9-4-2-1-3-5-9/h1-5,8H,6-7H2. The van der Waals surface area contributed by atoms with Gasteiger partial charge in [0, 0.05) is 10.7 Å². The van der Waals surface area contributed by atoms with E-state index in [2.05, 4.69) is 5.10 Å². The van der Waals surface area contributed by atoms with Crippen molar-refractivity contribution in [2.75, 3.05) is 0 Å². The fourth-order valence-corrected chi connectivity index (χ4v) is 2.60. The molecule has 0 radical (unpaired) electrons. The Bertz CT molecular complexity index is 727. The average molecular weight is 316 g/mol. The predicted octanol–water partition coefficient (Wildman–Crippen LogP) is 1.96. The Morgan fingerprint density at radius 3 is 2.45 bits per heavy atom. The second kappa shape index (κ2) is 5.59. The molecule has 1 aromatic carbocycles.